The molecular weight excluding hydrogens is 328 g/mol. The van der Waals surface area contributed by atoms with Crippen molar-refractivity contribution >= 4 is 23.6 Å². The van der Waals surface area contributed by atoms with Crippen molar-refractivity contribution in [3.63, 3.8) is 0 Å². The van der Waals surface area contributed by atoms with Crippen LogP contribution in [-0.2, 0) is 14.3 Å². The SMILES string of the molecule is CCOCCOCCCC(=O)CCCC[C@@H]1SC[C@@H]2NC(=O)N[C@@H]21. The molecule has 2 aliphatic heterocycles. The number of Topliss-reactive ketones (excluding diaryl/α,β-unsaturated/α-hetero) is 1. The maximum absolute atomic E-state index is 11.8. The molecule has 7 heteroatoms. The third-order valence-electron chi connectivity index (χ3n) is 4.45. The number of rotatable bonds is 13. The lowest BCUT2D eigenvalue weighted by Gasteiger charge is -2.16. The number of urea groups is 1. The number of carbonyl (C=O) groups is 2. The Bertz CT molecular complexity index is 408. The smallest absolute Gasteiger partial charge is 0.315 e. The van der Waals surface area contributed by atoms with Crippen molar-refractivity contribution in [3.05, 3.63) is 0 Å². The molecule has 0 radical (unpaired) electrons. The van der Waals surface area contributed by atoms with E-state index in [1.54, 1.807) is 0 Å². The molecule has 0 saturated carbocycles. The Morgan fingerprint density at radius 2 is 1.92 bits per heavy atom. The largest absolute Gasteiger partial charge is 0.379 e. The molecule has 2 aliphatic rings. The maximum Gasteiger partial charge on any atom is 0.315 e. The van der Waals surface area contributed by atoms with E-state index in [9.17, 15) is 9.59 Å². The quantitative estimate of drug-likeness (QED) is 0.389. The lowest BCUT2D eigenvalue weighted by atomic mass is 10.0. The highest BCUT2D eigenvalue weighted by molar-refractivity contribution is 8.00. The number of amides is 2. The minimum Gasteiger partial charge on any atom is -0.379 e. The van der Waals surface area contributed by atoms with Crippen LogP contribution in [0, 0.1) is 0 Å². The van der Waals surface area contributed by atoms with E-state index >= 15 is 0 Å². The van der Waals surface area contributed by atoms with Crippen LogP contribution in [0.5, 0.6) is 0 Å². The Morgan fingerprint density at radius 3 is 2.75 bits per heavy atom. The zero-order valence-corrected chi connectivity index (χ0v) is 15.4. The Hall–Kier alpha value is -0.790. The van der Waals surface area contributed by atoms with E-state index < -0.39 is 0 Å². The van der Waals surface area contributed by atoms with Gasteiger partial charge in [0, 0.05) is 37.1 Å². The van der Waals surface area contributed by atoms with Gasteiger partial charge in [0.1, 0.15) is 5.78 Å². The zero-order valence-electron chi connectivity index (χ0n) is 14.6. The first-order chi connectivity index (χ1) is 11.7. The molecule has 2 heterocycles. The summed E-state index contributed by atoms with van der Waals surface area (Å²) in [5.74, 6) is 1.33. The van der Waals surface area contributed by atoms with Crippen molar-refractivity contribution < 1.29 is 19.1 Å². The zero-order chi connectivity index (χ0) is 17.2. The molecule has 0 bridgehead atoms. The Kier molecular flexibility index (Phi) is 8.91. The van der Waals surface area contributed by atoms with Gasteiger partial charge in [-0.1, -0.05) is 6.42 Å². The fourth-order valence-corrected chi connectivity index (χ4v) is 4.71. The molecular formula is C17H30N2O4S. The molecule has 2 fully saturated rings. The van der Waals surface area contributed by atoms with Gasteiger partial charge in [-0.2, -0.15) is 11.8 Å². The first-order valence-corrected chi connectivity index (χ1v) is 10.1. The summed E-state index contributed by atoms with van der Waals surface area (Å²) in [5, 5.41) is 6.45. The monoisotopic (exact) mass is 358 g/mol. The van der Waals surface area contributed by atoms with Crippen LogP contribution in [0.2, 0.25) is 0 Å². The predicted molar refractivity (Wildman–Crippen MR) is 95.5 cm³/mol. The second-order valence-electron chi connectivity index (χ2n) is 6.32. The molecule has 138 valence electrons. The average molecular weight is 359 g/mol. The highest BCUT2D eigenvalue weighted by atomic mass is 32.2. The summed E-state index contributed by atoms with van der Waals surface area (Å²) in [6, 6.07) is 0.526. The molecule has 2 amide bonds. The predicted octanol–water partition coefficient (Wildman–Crippen LogP) is 2.11. The van der Waals surface area contributed by atoms with Crippen molar-refractivity contribution in [2.75, 3.05) is 32.2 Å². The van der Waals surface area contributed by atoms with E-state index in [0.717, 1.165) is 31.4 Å². The highest BCUT2D eigenvalue weighted by Gasteiger charge is 2.42. The van der Waals surface area contributed by atoms with E-state index in [1.807, 2.05) is 18.7 Å². The van der Waals surface area contributed by atoms with Gasteiger partial charge < -0.3 is 20.1 Å². The summed E-state index contributed by atoms with van der Waals surface area (Å²) >= 11 is 1.93. The number of ketones is 1. The minimum absolute atomic E-state index is 0.0334. The molecule has 0 unspecified atom stereocenters. The van der Waals surface area contributed by atoms with Gasteiger partial charge >= 0.3 is 6.03 Å². The van der Waals surface area contributed by atoms with Crippen molar-refractivity contribution in [2.24, 2.45) is 0 Å². The van der Waals surface area contributed by atoms with Crippen LogP contribution in [0.3, 0.4) is 0 Å². The van der Waals surface area contributed by atoms with Gasteiger partial charge in [0.25, 0.3) is 0 Å². The van der Waals surface area contributed by atoms with Gasteiger partial charge in [0.2, 0.25) is 0 Å². The van der Waals surface area contributed by atoms with Crippen LogP contribution in [0.1, 0.15) is 45.4 Å². The lowest BCUT2D eigenvalue weighted by Crippen LogP contribution is -2.36. The summed E-state index contributed by atoms with van der Waals surface area (Å²) in [7, 11) is 0. The summed E-state index contributed by atoms with van der Waals surface area (Å²) in [6.45, 7) is 4.54. The van der Waals surface area contributed by atoms with Crippen LogP contribution in [0.25, 0.3) is 0 Å². The third-order valence-corrected chi connectivity index (χ3v) is 5.96. The van der Waals surface area contributed by atoms with Crippen LogP contribution >= 0.6 is 11.8 Å². The first-order valence-electron chi connectivity index (χ1n) is 9.06. The van der Waals surface area contributed by atoms with Gasteiger partial charge in [0.05, 0.1) is 25.3 Å². The number of hydrogen-bond donors (Lipinski definition) is 2. The number of ether oxygens (including phenoxy) is 2. The summed E-state index contributed by atoms with van der Waals surface area (Å²) < 4.78 is 10.6. The lowest BCUT2D eigenvalue weighted by molar-refractivity contribution is -0.119. The van der Waals surface area contributed by atoms with Gasteiger partial charge in [-0.25, -0.2) is 4.79 Å². The highest BCUT2D eigenvalue weighted by Crippen LogP contribution is 2.33. The number of nitrogens with one attached hydrogen (secondary N) is 2. The standard InChI is InChI=1S/C17H30N2O4S/c1-2-22-10-11-23-9-5-7-13(20)6-3-4-8-15-16-14(12-24-15)18-17(21)19-16/h14-16H,2-12H2,1H3,(H2,18,19,21)/t14-,15-,16-/m0/s1. The van der Waals surface area contributed by atoms with Crippen LogP contribution < -0.4 is 10.6 Å². The van der Waals surface area contributed by atoms with E-state index in [0.29, 0.717) is 50.3 Å². The number of fused-ring (bicyclic) bond motifs is 1. The van der Waals surface area contributed by atoms with Crippen LogP contribution in [-0.4, -0.2) is 61.3 Å². The molecule has 6 nitrogen and oxygen atoms in total. The molecule has 0 aromatic heterocycles. The van der Waals surface area contributed by atoms with Gasteiger partial charge in [0.15, 0.2) is 0 Å². The Balaban J connectivity index is 1.43. The molecule has 0 spiro atoms. The summed E-state index contributed by atoms with van der Waals surface area (Å²) in [6.07, 6.45) is 5.13. The maximum atomic E-state index is 11.8. The van der Waals surface area contributed by atoms with Gasteiger partial charge in [-0.05, 0) is 26.2 Å². The van der Waals surface area contributed by atoms with Crippen LogP contribution in [0.4, 0.5) is 4.79 Å². The molecule has 24 heavy (non-hydrogen) atoms. The average Bonchev–Trinajstić information content (AvgIpc) is 3.10. The molecule has 2 saturated heterocycles. The van der Waals surface area contributed by atoms with Gasteiger partial charge in [-0.3, -0.25) is 4.79 Å². The normalized spacial score (nSPS) is 25.4. The fraction of sp³-hybridized carbons (Fsp3) is 0.882. The van der Waals surface area contributed by atoms with E-state index in [4.69, 9.17) is 9.47 Å². The topological polar surface area (TPSA) is 76.7 Å². The van der Waals surface area contributed by atoms with Crippen molar-refractivity contribution in [3.8, 4) is 0 Å². The summed E-state index contributed by atoms with van der Waals surface area (Å²) in [5.41, 5.74) is 0. The van der Waals surface area contributed by atoms with E-state index in [1.165, 1.54) is 0 Å². The number of hydrogen-bond acceptors (Lipinski definition) is 5. The molecule has 2 N–H and O–H groups in total. The number of carbonyl (C=O) groups excluding carboxylic acids is 2. The second-order valence-corrected chi connectivity index (χ2v) is 7.59. The van der Waals surface area contributed by atoms with Crippen molar-refractivity contribution in [2.45, 2.75) is 62.8 Å². The van der Waals surface area contributed by atoms with Gasteiger partial charge in [-0.15, -0.1) is 0 Å². The Labute approximate surface area is 148 Å². The molecule has 0 aliphatic carbocycles. The number of thioether (sulfide) groups is 1. The third kappa shape index (κ3) is 6.61. The molecule has 3 atom stereocenters. The second kappa shape index (κ2) is 10.9. The number of unbranched alkanes of at least 4 members (excludes halogenated alkanes) is 1. The van der Waals surface area contributed by atoms with E-state index in [-0.39, 0.29) is 18.1 Å². The molecule has 0 aromatic rings. The molecule has 0 aromatic carbocycles. The minimum atomic E-state index is -0.0334. The fourth-order valence-electron chi connectivity index (χ4n) is 3.17. The molecule has 2 rings (SSSR count). The Morgan fingerprint density at radius 1 is 1.12 bits per heavy atom. The van der Waals surface area contributed by atoms with Crippen molar-refractivity contribution in [1.29, 1.82) is 0 Å². The summed E-state index contributed by atoms with van der Waals surface area (Å²) in [4.78, 5) is 23.2. The van der Waals surface area contributed by atoms with Crippen molar-refractivity contribution in [1.82, 2.24) is 10.6 Å². The first kappa shape index (κ1) is 19.5. The van der Waals surface area contributed by atoms with E-state index in [2.05, 4.69) is 10.6 Å². The van der Waals surface area contributed by atoms with Crippen LogP contribution in [0.15, 0.2) is 0 Å².